The standard InChI is InChI=1S/C23H25N3O3/c1-15(2)13-25-22(27)18-7-5-10-24-21(18)17-9-11-26(14-17)23(28)20-12-16-6-3-4-8-19(16)29-20/h3-8,10,12,15,17H,9,11,13-14H2,1-2H3,(H,25,27). The number of furan rings is 1. The van der Waals surface area contributed by atoms with Gasteiger partial charge < -0.3 is 14.6 Å². The quantitative estimate of drug-likeness (QED) is 0.717. The molecule has 0 aliphatic carbocycles. The van der Waals surface area contributed by atoms with Gasteiger partial charge in [-0.3, -0.25) is 14.6 Å². The van der Waals surface area contributed by atoms with E-state index in [4.69, 9.17) is 4.42 Å². The molecule has 1 unspecified atom stereocenters. The van der Waals surface area contributed by atoms with Crippen LogP contribution in [0.3, 0.4) is 0 Å². The number of nitrogens with one attached hydrogen (secondary N) is 1. The molecule has 1 aliphatic rings. The van der Waals surface area contributed by atoms with E-state index < -0.39 is 0 Å². The van der Waals surface area contributed by atoms with E-state index in [1.54, 1.807) is 23.2 Å². The average molecular weight is 391 g/mol. The van der Waals surface area contributed by atoms with Crippen molar-refractivity contribution in [2.24, 2.45) is 5.92 Å². The van der Waals surface area contributed by atoms with Crippen LogP contribution in [0.1, 0.15) is 52.8 Å². The Hall–Kier alpha value is -3.15. The molecule has 1 aliphatic heterocycles. The van der Waals surface area contributed by atoms with Gasteiger partial charge in [0.1, 0.15) is 5.58 Å². The lowest BCUT2D eigenvalue weighted by molar-refractivity contribution is 0.0761. The van der Waals surface area contributed by atoms with Crippen LogP contribution in [0.2, 0.25) is 0 Å². The van der Waals surface area contributed by atoms with Crippen molar-refractivity contribution in [3.05, 3.63) is 65.7 Å². The van der Waals surface area contributed by atoms with Crippen molar-refractivity contribution in [3.8, 4) is 0 Å². The Bertz CT molecular complexity index is 1010. The van der Waals surface area contributed by atoms with Crippen LogP contribution in [0.4, 0.5) is 0 Å². The Morgan fingerprint density at radius 1 is 1.24 bits per heavy atom. The number of carbonyl (C=O) groups excluding carboxylic acids is 2. The SMILES string of the molecule is CC(C)CNC(=O)c1cccnc1C1CCN(C(=O)c2cc3ccccc3o2)C1. The molecule has 3 heterocycles. The number of likely N-dealkylation sites (tertiary alicyclic amines) is 1. The molecule has 1 fully saturated rings. The first-order chi connectivity index (χ1) is 14.0. The molecule has 0 bridgehead atoms. The number of nitrogens with zero attached hydrogens (tertiary/aromatic N) is 2. The number of benzene rings is 1. The molecule has 1 atom stereocenters. The lowest BCUT2D eigenvalue weighted by Gasteiger charge is -2.17. The van der Waals surface area contributed by atoms with Crippen molar-refractivity contribution in [2.75, 3.05) is 19.6 Å². The zero-order valence-corrected chi connectivity index (χ0v) is 16.7. The van der Waals surface area contributed by atoms with Gasteiger partial charge in [-0.25, -0.2) is 0 Å². The molecule has 1 saturated heterocycles. The van der Waals surface area contributed by atoms with Crippen LogP contribution >= 0.6 is 0 Å². The van der Waals surface area contributed by atoms with Gasteiger partial charge in [-0.1, -0.05) is 32.0 Å². The number of rotatable bonds is 5. The highest BCUT2D eigenvalue weighted by atomic mass is 16.3. The van der Waals surface area contributed by atoms with Gasteiger partial charge in [0.05, 0.1) is 11.3 Å². The van der Waals surface area contributed by atoms with E-state index in [0.29, 0.717) is 42.5 Å². The summed E-state index contributed by atoms with van der Waals surface area (Å²) < 4.78 is 5.73. The van der Waals surface area contributed by atoms with Crippen LogP contribution in [0.15, 0.2) is 53.1 Å². The minimum Gasteiger partial charge on any atom is -0.451 e. The normalized spacial score (nSPS) is 16.5. The van der Waals surface area contributed by atoms with Crippen molar-refractivity contribution in [3.63, 3.8) is 0 Å². The molecule has 1 N–H and O–H groups in total. The predicted molar refractivity (Wildman–Crippen MR) is 111 cm³/mol. The molecule has 4 rings (SSSR count). The third-order valence-electron chi connectivity index (χ3n) is 5.25. The fourth-order valence-electron chi connectivity index (χ4n) is 3.74. The summed E-state index contributed by atoms with van der Waals surface area (Å²) in [4.78, 5) is 31.8. The molecule has 0 spiro atoms. The maximum absolute atomic E-state index is 12.9. The lowest BCUT2D eigenvalue weighted by Crippen LogP contribution is -2.30. The predicted octanol–water partition coefficient (Wildman–Crippen LogP) is 3.84. The molecule has 3 aromatic rings. The summed E-state index contributed by atoms with van der Waals surface area (Å²) in [5.74, 6) is 0.531. The van der Waals surface area contributed by atoms with E-state index in [-0.39, 0.29) is 17.7 Å². The van der Waals surface area contributed by atoms with Crippen molar-refractivity contribution in [1.29, 1.82) is 0 Å². The molecule has 150 valence electrons. The van der Waals surface area contributed by atoms with Crippen LogP contribution in [-0.2, 0) is 0 Å². The van der Waals surface area contributed by atoms with Gasteiger partial charge in [0.2, 0.25) is 0 Å². The van der Waals surface area contributed by atoms with Gasteiger partial charge in [0, 0.05) is 37.1 Å². The van der Waals surface area contributed by atoms with Gasteiger partial charge in [-0.05, 0) is 36.6 Å². The minimum atomic E-state index is -0.120. The summed E-state index contributed by atoms with van der Waals surface area (Å²) in [7, 11) is 0. The number of pyridine rings is 1. The Labute approximate surface area is 169 Å². The van der Waals surface area contributed by atoms with Gasteiger partial charge in [0.25, 0.3) is 11.8 Å². The number of hydrogen-bond acceptors (Lipinski definition) is 4. The topological polar surface area (TPSA) is 75.4 Å². The smallest absolute Gasteiger partial charge is 0.289 e. The third-order valence-corrected chi connectivity index (χ3v) is 5.25. The Kier molecular flexibility index (Phi) is 5.34. The van der Waals surface area contributed by atoms with Crippen LogP contribution in [0.5, 0.6) is 0 Å². The molecule has 1 aromatic carbocycles. The molecule has 29 heavy (non-hydrogen) atoms. The van der Waals surface area contributed by atoms with E-state index >= 15 is 0 Å². The van der Waals surface area contributed by atoms with Crippen LogP contribution in [0, 0.1) is 5.92 Å². The number of aromatic nitrogens is 1. The largest absolute Gasteiger partial charge is 0.451 e. The number of carbonyl (C=O) groups is 2. The van der Waals surface area contributed by atoms with Crippen molar-refractivity contribution in [2.45, 2.75) is 26.2 Å². The molecular weight excluding hydrogens is 366 g/mol. The molecule has 6 nitrogen and oxygen atoms in total. The van der Waals surface area contributed by atoms with E-state index in [0.717, 1.165) is 17.5 Å². The number of amides is 2. The lowest BCUT2D eigenvalue weighted by atomic mass is 9.98. The summed E-state index contributed by atoms with van der Waals surface area (Å²) in [5, 5.41) is 3.88. The maximum atomic E-state index is 12.9. The molecule has 6 heteroatoms. The fraction of sp³-hybridized carbons (Fsp3) is 0.348. The van der Waals surface area contributed by atoms with Crippen molar-refractivity contribution >= 4 is 22.8 Å². The zero-order chi connectivity index (χ0) is 20.4. The Morgan fingerprint density at radius 2 is 2.07 bits per heavy atom. The van der Waals surface area contributed by atoms with Crippen LogP contribution in [-0.4, -0.2) is 41.3 Å². The summed E-state index contributed by atoms with van der Waals surface area (Å²) in [6.45, 7) is 5.88. The number of hydrogen-bond donors (Lipinski definition) is 1. The minimum absolute atomic E-state index is 0.0318. The van der Waals surface area contributed by atoms with Crippen molar-refractivity contribution < 1.29 is 14.0 Å². The first-order valence-electron chi connectivity index (χ1n) is 10.0. The fourth-order valence-corrected chi connectivity index (χ4v) is 3.74. The highest BCUT2D eigenvalue weighted by molar-refractivity contribution is 5.97. The van der Waals surface area contributed by atoms with Gasteiger partial charge in [-0.15, -0.1) is 0 Å². The molecule has 0 radical (unpaired) electrons. The van der Waals surface area contributed by atoms with E-state index in [2.05, 4.69) is 24.1 Å². The maximum Gasteiger partial charge on any atom is 0.289 e. The molecule has 0 saturated carbocycles. The summed E-state index contributed by atoms with van der Waals surface area (Å²) in [6, 6.07) is 13.0. The summed E-state index contributed by atoms with van der Waals surface area (Å²) in [6.07, 6.45) is 2.48. The van der Waals surface area contributed by atoms with Gasteiger partial charge in [-0.2, -0.15) is 0 Å². The Morgan fingerprint density at radius 3 is 2.86 bits per heavy atom. The summed E-state index contributed by atoms with van der Waals surface area (Å²) in [5.41, 5.74) is 2.06. The van der Waals surface area contributed by atoms with Crippen LogP contribution in [0.25, 0.3) is 11.0 Å². The number of fused-ring (bicyclic) bond motifs is 1. The van der Waals surface area contributed by atoms with Crippen LogP contribution < -0.4 is 5.32 Å². The monoisotopic (exact) mass is 391 g/mol. The second kappa shape index (κ2) is 8.07. The highest BCUT2D eigenvalue weighted by Crippen LogP contribution is 2.30. The zero-order valence-electron chi connectivity index (χ0n) is 16.7. The first-order valence-corrected chi connectivity index (χ1v) is 10.0. The second-order valence-corrected chi connectivity index (χ2v) is 7.93. The second-order valence-electron chi connectivity index (χ2n) is 7.93. The Balaban J connectivity index is 1.50. The third kappa shape index (κ3) is 4.01. The van der Waals surface area contributed by atoms with Gasteiger partial charge >= 0.3 is 0 Å². The van der Waals surface area contributed by atoms with Gasteiger partial charge in [0.15, 0.2) is 5.76 Å². The van der Waals surface area contributed by atoms with E-state index in [1.165, 1.54) is 0 Å². The molecular formula is C23H25N3O3. The van der Waals surface area contributed by atoms with E-state index in [9.17, 15) is 9.59 Å². The summed E-state index contributed by atoms with van der Waals surface area (Å²) >= 11 is 0. The average Bonchev–Trinajstić information content (AvgIpc) is 3.38. The molecule has 2 aromatic heterocycles. The number of para-hydroxylation sites is 1. The van der Waals surface area contributed by atoms with E-state index in [1.807, 2.05) is 30.3 Å². The van der Waals surface area contributed by atoms with Crippen molar-refractivity contribution in [1.82, 2.24) is 15.2 Å². The molecule has 2 amide bonds. The highest BCUT2D eigenvalue weighted by Gasteiger charge is 2.32. The first kappa shape index (κ1) is 19.2.